The van der Waals surface area contributed by atoms with Crippen LogP contribution in [-0.4, -0.2) is 30.1 Å². The van der Waals surface area contributed by atoms with E-state index in [9.17, 15) is 14.7 Å². The predicted octanol–water partition coefficient (Wildman–Crippen LogP) is 2.11. The molecule has 1 aromatic heterocycles. The summed E-state index contributed by atoms with van der Waals surface area (Å²) < 4.78 is 6.12. The second kappa shape index (κ2) is 4.88. The monoisotopic (exact) mass is 318 g/mol. The highest BCUT2D eigenvalue weighted by Gasteiger charge is 2.48. The van der Waals surface area contributed by atoms with Crippen LogP contribution < -0.4 is 0 Å². The van der Waals surface area contributed by atoms with Gasteiger partial charge in [-0.25, -0.2) is 0 Å². The molecular formula is C11H11BrO4S. The molecule has 1 aliphatic heterocycles. The van der Waals surface area contributed by atoms with Gasteiger partial charge in [-0.3, -0.25) is 9.59 Å². The van der Waals surface area contributed by atoms with Crippen molar-refractivity contribution in [3.63, 3.8) is 0 Å². The van der Waals surface area contributed by atoms with E-state index in [0.717, 1.165) is 8.66 Å². The average molecular weight is 319 g/mol. The lowest BCUT2D eigenvalue weighted by atomic mass is 9.78. The topological polar surface area (TPSA) is 63.6 Å². The van der Waals surface area contributed by atoms with Crippen LogP contribution in [0.25, 0.3) is 0 Å². The molecule has 1 saturated heterocycles. The highest BCUT2D eigenvalue weighted by molar-refractivity contribution is 9.11. The minimum atomic E-state index is -1.40. The summed E-state index contributed by atoms with van der Waals surface area (Å²) in [5.74, 6) is -1.33. The molecule has 0 spiro atoms. The zero-order valence-electron chi connectivity index (χ0n) is 8.94. The number of Topliss-reactive ketones (excluding diaryl/α,β-unsaturated/α-hetero) is 1. The van der Waals surface area contributed by atoms with Crippen LogP contribution in [0, 0.1) is 5.41 Å². The van der Waals surface area contributed by atoms with E-state index in [1.54, 1.807) is 0 Å². The van der Waals surface area contributed by atoms with E-state index in [4.69, 9.17) is 4.74 Å². The summed E-state index contributed by atoms with van der Waals surface area (Å²) in [5.41, 5.74) is -1.40. The number of halogens is 1. The Morgan fingerprint density at radius 2 is 2.35 bits per heavy atom. The van der Waals surface area contributed by atoms with E-state index in [2.05, 4.69) is 15.9 Å². The van der Waals surface area contributed by atoms with Gasteiger partial charge in [0, 0.05) is 17.7 Å². The van der Waals surface area contributed by atoms with Gasteiger partial charge < -0.3 is 9.84 Å². The molecule has 0 aromatic carbocycles. The predicted molar refractivity (Wildman–Crippen MR) is 66.2 cm³/mol. The zero-order valence-corrected chi connectivity index (χ0v) is 11.3. The maximum Gasteiger partial charge on any atom is 0.319 e. The quantitative estimate of drug-likeness (QED) is 0.867. The molecule has 1 fully saturated rings. The number of thiophene rings is 1. The van der Waals surface area contributed by atoms with Crippen LogP contribution >= 0.6 is 27.3 Å². The Morgan fingerprint density at radius 3 is 2.88 bits per heavy atom. The van der Waals surface area contributed by atoms with Crippen molar-refractivity contribution in [1.29, 1.82) is 0 Å². The number of ketones is 1. The molecule has 1 atom stereocenters. The van der Waals surface area contributed by atoms with Gasteiger partial charge in [0.1, 0.15) is 0 Å². The van der Waals surface area contributed by atoms with Gasteiger partial charge in [0.25, 0.3) is 0 Å². The van der Waals surface area contributed by atoms with Gasteiger partial charge >= 0.3 is 5.97 Å². The molecule has 1 aliphatic rings. The summed E-state index contributed by atoms with van der Waals surface area (Å²) in [5, 5.41) is 9.32. The lowest BCUT2D eigenvalue weighted by Crippen LogP contribution is -2.48. The van der Waals surface area contributed by atoms with Crippen LogP contribution in [0.2, 0.25) is 0 Å². The minimum absolute atomic E-state index is 0.0311. The summed E-state index contributed by atoms with van der Waals surface area (Å²) in [6, 6.07) is 3.69. The Morgan fingerprint density at radius 1 is 1.59 bits per heavy atom. The molecule has 6 heteroatoms. The van der Waals surface area contributed by atoms with Gasteiger partial charge in [0.2, 0.25) is 0 Å². The fourth-order valence-corrected chi connectivity index (χ4v) is 3.48. The van der Waals surface area contributed by atoms with E-state index < -0.39 is 11.4 Å². The fraction of sp³-hybridized carbons (Fsp3) is 0.455. The molecule has 1 aromatic rings. The second-order valence-electron chi connectivity index (χ2n) is 4.00. The van der Waals surface area contributed by atoms with Crippen molar-refractivity contribution in [3.05, 3.63) is 20.8 Å². The molecule has 1 unspecified atom stereocenters. The first kappa shape index (κ1) is 12.7. The number of rotatable bonds is 3. The molecular weight excluding hydrogens is 308 g/mol. The number of carbonyl (C=O) groups is 2. The zero-order chi connectivity index (χ0) is 12.5. The molecule has 4 nitrogen and oxygen atoms in total. The highest BCUT2D eigenvalue weighted by atomic mass is 79.9. The van der Waals surface area contributed by atoms with E-state index in [-0.39, 0.29) is 25.2 Å². The van der Waals surface area contributed by atoms with Gasteiger partial charge in [0.05, 0.1) is 17.0 Å². The van der Waals surface area contributed by atoms with E-state index in [1.165, 1.54) is 11.3 Å². The molecule has 0 aliphatic carbocycles. The number of ether oxygens (including phenoxy) is 1. The molecule has 0 bridgehead atoms. The van der Waals surface area contributed by atoms with Gasteiger partial charge in [-0.2, -0.15) is 0 Å². The molecule has 92 valence electrons. The first-order chi connectivity index (χ1) is 8.04. The van der Waals surface area contributed by atoms with Crippen molar-refractivity contribution < 1.29 is 19.4 Å². The fourth-order valence-electron chi connectivity index (χ4n) is 1.88. The number of carboxylic acid groups (broad SMARTS) is 1. The van der Waals surface area contributed by atoms with Crippen LogP contribution in [0.4, 0.5) is 0 Å². The molecule has 17 heavy (non-hydrogen) atoms. The van der Waals surface area contributed by atoms with Crippen LogP contribution in [0.1, 0.15) is 11.3 Å². The molecule has 2 heterocycles. The van der Waals surface area contributed by atoms with Crippen LogP contribution in [0.15, 0.2) is 15.9 Å². The van der Waals surface area contributed by atoms with Crippen LogP contribution in [0.5, 0.6) is 0 Å². The molecule has 0 radical (unpaired) electrons. The van der Waals surface area contributed by atoms with Crippen molar-refractivity contribution >= 4 is 39.0 Å². The first-order valence-corrected chi connectivity index (χ1v) is 6.74. The van der Waals surface area contributed by atoms with Gasteiger partial charge in [-0.05, 0) is 28.1 Å². The minimum Gasteiger partial charge on any atom is -0.480 e. The highest BCUT2D eigenvalue weighted by Crippen LogP contribution is 2.33. The van der Waals surface area contributed by atoms with E-state index in [1.807, 2.05) is 12.1 Å². The van der Waals surface area contributed by atoms with Crippen molar-refractivity contribution in [2.24, 2.45) is 5.41 Å². The first-order valence-electron chi connectivity index (χ1n) is 5.13. The summed E-state index contributed by atoms with van der Waals surface area (Å²) in [6.07, 6.45) is 0.385. The average Bonchev–Trinajstić information content (AvgIpc) is 2.67. The Hall–Kier alpha value is -0.720. The van der Waals surface area contributed by atoms with Gasteiger partial charge in [-0.1, -0.05) is 0 Å². The Bertz CT molecular complexity index is 456. The molecule has 0 saturated carbocycles. The van der Waals surface area contributed by atoms with E-state index >= 15 is 0 Å². The number of hydrogen-bond donors (Lipinski definition) is 1. The maximum atomic E-state index is 11.9. The summed E-state index contributed by atoms with van der Waals surface area (Å²) in [4.78, 5) is 24.2. The SMILES string of the molecule is O=C(O)C1(Cc2ccc(Br)s2)COCCC1=O. The summed E-state index contributed by atoms with van der Waals surface area (Å²) in [7, 11) is 0. The molecule has 2 rings (SSSR count). The largest absolute Gasteiger partial charge is 0.480 e. The smallest absolute Gasteiger partial charge is 0.319 e. The van der Waals surface area contributed by atoms with Crippen molar-refractivity contribution in [2.45, 2.75) is 12.8 Å². The number of hydrogen-bond acceptors (Lipinski definition) is 4. The Labute approximate surface area is 111 Å². The summed E-state index contributed by atoms with van der Waals surface area (Å²) >= 11 is 4.77. The molecule has 0 amide bonds. The van der Waals surface area contributed by atoms with Crippen LogP contribution in [-0.2, 0) is 20.7 Å². The van der Waals surface area contributed by atoms with Crippen molar-refractivity contribution in [3.8, 4) is 0 Å². The number of carbonyl (C=O) groups excluding carboxylic acids is 1. The maximum absolute atomic E-state index is 11.9. The third-order valence-electron chi connectivity index (χ3n) is 2.87. The third kappa shape index (κ3) is 2.43. The van der Waals surface area contributed by atoms with Crippen molar-refractivity contribution in [2.75, 3.05) is 13.2 Å². The van der Waals surface area contributed by atoms with Crippen molar-refractivity contribution in [1.82, 2.24) is 0 Å². The standard InChI is InChI=1S/C11H11BrO4S/c12-9-2-1-7(17-9)5-11(10(14)15)6-16-4-3-8(11)13/h1-2H,3-6H2,(H,14,15). The lowest BCUT2D eigenvalue weighted by Gasteiger charge is -2.31. The summed E-state index contributed by atoms with van der Waals surface area (Å²) in [6.45, 7) is 0.290. The number of aliphatic carboxylic acids is 1. The van der Waals surface area contributed by atoms with Gasteiger partial charge in [0.15, 0.2) is 11.2 Å². The Balaban J connectivity index is 2.28. The normalized spacial score (nSPS) is 24.9. The molecule has 1 N–H and O–H groups in total. The van der Waals surface area contributed by atoms with Crippen LogP contribution in [0.3, 0.4) is 0 Å². The lowest BCUT2D eigenvalue weighted by molar-refractivity contribution is -0.164. The number of carboxylic acids is 1. The van der Waals surface area contributed by atoms with E-state index in [0.29, 0.717) is 6.61 Å². The van der Waals surface area contributed by atoms with Gasteiger partial charge in [-0.15, -0.1) is 11.3 Å². The Kier molecular flexibility index (Phi) is 3.65. The third-order valence-corrected chi connectivity index (χ3v) is 4.49. The second-order valence-corrected chi connectivity index (χ2v) is 6.54.